The Balaban J connectivity index is 1.66. The van der Waals surface area contributed by atoms with Crippen LogP contribution in [0.4, 0.5) is 4.79 Å². The SMILES string of the molecule is CC1CN(C(=O)c2ccc(CN3C(=O)CNC3=O)cc2)CCN1. The second-order valence-electron chi connectivity index (χ2n) is 5.94. The minimum absolute atomic E-state index is 0.0138. The van der Waals surface area contributed by atoms with Crippen LogP contribution in [0, 0.1) is 0 Å². The number of imide groups is 1. The van der Waals surface area contributed by atoms with Crippen LogP contribution < -0.4 is 10.6 Å². The molecule has 2 saturated heterocycles. The molecule has 3 rings (SSSR count). The van der Waals surface area contributed by atoms with Gasteiger partial charge < -0.3 is 15.5 Å². The molecule has 122 valence electrons. The first-order valence-corrected chi connectivity index (χ1v) is 7.74. The van der Waals surface area contributed by atoms with Crippen molar-refractivity contribution in [2.45, 2.75) is 19.5 Å². The van der Waals surface area contributed by atoms with Gasteiger partial charge in [0.25, 0.3) is 5.91 Å². The van der Waals surface area contributed by atoms with Crippen molar-refractivity contribution in [2.75, 3.05) is 26.2 Å². The van der Waals surface area contributed by atoms with E-state index in [4.69, 9.17) is 0 Å². The van der Waals surface area contributed by atoms with Gasteiger partial charge in [0.1, 0.15) is 0 Å². The summed E-state index contributed by atoms with van der Waals surface area (Å²) >= 11 is 0. The monoisotopic (exact) mass is 316 g/mol. The Morgan fingerprint density at radius 2 is 2.00 bits per heavy atom. The number of amides is 4. The van der Waals surface area contributed by atoms with Crippen LogP contribution >= 0.6 is 0 Å². The van der Waals surface area contributed by atoms with Crippen LogP contribution in [0.2, 0.25) is 0 Å². The van der Waals surface area contributed by atoms with Crippen molar-refractivity contribution < 1.29 is 14.4 Å². The topological polar surface area (TPSA) is 81.8 Å². The summed E-state index contributed by atoms with van der Waals surface area (Å²) in [5.41, 5.74) is 1.45. The summed E-state index contributed by atoms with van der Waals surface area (Å²) in [5, 5.41) is 5.79. The molecule has 7 nitrogen and oxygen atoms in total. The van der Waals surface area contributed by atoms with Gasteiger partial charge in [-0.2, -0.15) is 0 Å². The lowest BCUT2D eigenvalue weighted by molar-refractivity contribution is -0.125. The fourth-order valence-electron chi connectivity index (χ4n) is 2.85. The van der Waals surface area contributed by atoms with Gasteiger partial charge in [0, 0.05) is 31.2 Å². The summed E-state index contributed by atoms with van der Waals surface area (Å²) in [5.74, 6) is -0.218. The number of nitrogens with one attached hydrogen (secondary N) is 2. The van der Waals surface area contributed by atoms with Gasteiger partial charge in [-0.3, -0.25) is 14.5 Å². The van der Waals surface area contributed by atoms with Crippen LogP contribution in [0.5, 0.6) is 0 Å². The molecule has 1 aromatic carbocycles. The molecule has 1 aromatic rings. The van der Waals surface area contributed by atoms with Crippen molar-refractivity contribution in [1.82, 2.24) is 20.4 Å². The van der Waals surface area contributed by atoms with Crippen LogP contribution in [-0.2, 0) is 11.3 Å². The maximum absolute atomic E-state index is 12.5. The minimum atomic E-state index is -0.370. The molecule has 2 heterocycles. The zero-order chi connectivity index (χ0) is 16.4. The van der Waals surface area contributed by atoms with Crippen LogP contribution in [0.3, 0.4) is 0 Å². The van der Waals surface area contributed by atoms with E-state index >= 15 is 0 Å². The zero-order valence-electron chi connectivity index (χ0n) is 13.0. The smallest absolute Gasteiger partial charge is 0.324 e. The predicted octanol–water partition coefficient (Wildman–Crippen LogP) is 0.172. The van der Waals surface area contributed by atoms with E-state index in [1.54, 1.807) is 24.3 Å². The van der Waals surface area contributed by atoms with E-state index in [1.807, 2.05) is 4.90 Å². The fraction of sp³-hybridized carbons (Fsp3) is 0.438. The lowest BCUT2D eigenvalue weighted by Gasteiger charge is -2.32. The molecule has 2 aliphatic heterocycles. The third-order valence-corrected chi connectivity index (χ3v) is 4.13. The van der Waals surface area contributed by atoms with E-state index in [0.29, 0.717) is 24.7 Å². The molecule has 23 heavy (non-hydrogen) atoms. The van der Waals surface area contributed by atoms with Crippen molar-refractivity contribution in [3.05, 3.63) is 35.4 Å². The summed E-state index contributed by atoms with van der Waals surface area (Å²) in [6.07, 6.45) is 0. The van der Waals surface area contributed by atoms with Crippen molar-refractivity contribution in [1.29, 1.82) is 0 Å². The van der Waals surface area contributed by atoms with Crippen molar-refractivity contribution in [2.24, 2.45) is 0 Å². The number of hydrogen-bond donors (Lipinski definition) is 2. The number of hydrogen-bond acceptors (Lipinski definition) is 4. The summed E-state index contributed by atoms with van der Waals surface area (Å²) in [4.78, 5) is 38.6. The Bertz CT molecular complexity index is 613. The Morgan fingerprint density at radius 1 is 1.26 bits per heavy atom. The Hall–Kier alpha value is -2.41. The number of urea groups is 1. The first-order chi connectivity index (χ1) is 11.0. The maximum atomic E-state index is 12.5. The first-order valence-electron chi connectivity index (χ1n) is 7.74. The highest BCUT2D eigenvalue weighted by Gasteiger charge is 2.28. The van der Waals surface area contributed by atoms with E-state index in [2.05, 4.69) is 17.6 Å². The van der Waals surface area contributed by atoms with Gasteiger partial charge in [-0.05, 0) is 24.6 Å². The highest BCUT2D eigenvalue weighted by molar-refractivity contribution is 6.01. The molecule has 2 aliphatic rings. The van der Waals surface area contributed by atoms with E-state index in [1.165, 1.54) is 4.90 Å². The van der Waals surface area contributed by atoms with Gasteiger partial charge in [-0.1, -0.05) is 12.1 Å². The van der Waals surface area contributed by atoms with Gasteiger partial charge >= 0.3 is 6.03 Å². The lowest BCUT2D eigenvalue weighted by atomic mass is 10.1. The molecule has 0 radical (unpaired) electrons. The highest BCUT2D eigenvalue weighted by atomic mass is 16.2. The number of rotatable bonds is 3. The number of carbonyl (C=O) groups is 3. The minimum Gasteiger partial charge on any atom is -0.336 e. The average Bonchev–Trinajstić information content (AvgIpc) is 2.87. The predicted molar refractivity (Wildman–Crippen MR) is 83.8 cm³/mol. The Labute approximate surface area is 134 Å². The van der Waals surface area contributed by atoms with Crippen LogP contribution in [0.15, 0.2) is 24.3 Å². The molecule has 0 saturated carbocycles. The molecule has 2 fully saturated rings. The van der Waals surface area contributed by atoms with Crippen molar-refractivity contribution in [3.8, 4) is 0 Å². The van der Waals surface area contributed by atoms with E-state index in [-0.39, 0.29) is 30.9 Å². The third kappa shape index (κ3) is 3.34. The molecule has 2 N–H and O–H groups in total. The van der Waals surface area contributed by atoms with Gasteiger partial charge in [0.2, 0.25) is 5.91 Å². The van der Waals surface area contributed by atoms with Crippen LogP contribution in [-0.4, -0.2) is 59.9 Å². The largest absolute Gasteiger partial charge is 0.336 e. The molecule has 0 aliphatic carbocycles. The number of benzene rings is 1. The standard InChI is InChI=1S/C16H20N4O3/c1-11-9-19(7-6-17-11)15(22)13-4-2-12(3-5-13)10-20-14(21)8-18-16(20)23/h2-5,11,17H,6-10H2,1H3,(H,18,23). The molecule has 0 bridgehead atoms. The molecule has 0 aromatic heterocycles. The molecule has 0 spiro atoms. The second-order valence-corrected chi connectivity index (χ2v) is 5.94. The molecule has 7 heteroatoms. The van der Waals surface area contributed by atoms with Gasteiger partial charge in [-0.15, -0.1) is 0 Å². The van der Waals surface area contributed by atoms with Crippen molar-refractivity contribution >= 4 is 17.8 Å². The average molecular weight is 316 g/mol. The highest BCUT2D eigenvalue weighted by Crippen LogP contribution is 2.13. The molecule has 4 amide bonds. The molecule has 1 unspecified atom stereocenters. The molecular weight excluding hydrogens is 296 g/mol. The summed E-state index contributed by atoms with van der Waals surface area (Å²) in [7, 11) is 0. The van der Waals surface area contributed by atoms with Gasteiger partial charge in [-0.25, -0.2) is 4.79 Å². The summed E-state index contributed by atoms with van der Waals surface area (Å²) < 4.78 is 0. The van der Waals surface area contributed by atoms with Gasteiger partial charge in [0.15, 0.2) is 0 Å². The molecule has 1 atom stereocenters. The third-order valence-electron chi connectivity index (χ3n) is 4.13. The zero-order valence-corrected chi connectivity index (χ0v) is 13.0. The summed E-state index contributed by atoms with van der Waals surface area (Å²) in [6, 6.07) is 7.01. The quantitative estimate of drug-likeness (QED) is 0.779. The van der Waals surface area contributed by atoms with E-state index in [0.717, 1.165) is 12.1 Å². The normalized spacial score (nSPS) is 21.5. The number of carbonyl (C=O) groups excluding carboxylic acids is 3. The van der Waals surface area contributed by atoms with Gasteiger partial charge in [0.05, 0.1) is 13.1 Å². The maximum Gasteiger partial charge on any atom is 0.324 e. The van der Waals surface area contributed by atoms with E-state index < -0.39 is 0 Å². The lowest BCUT2D eigenvalue weighted by Crippen LogP contribution is -2.51. The second kappa shape index (κ2) is 6.37. The van der Waals surface area contributed by atoms with Crippen LogP contribution in [0.1, 0.15) is 22.8 Å². The fourth-order valence-corrected chi connectivity index (χ4v) is 2.85. The number of piperazine rings is 1. The Morgan fingerprint density at radius 3 is 2.61 bits per heavy atom. The molecular formula is C16H20N4O3. The van der Waals surface area contributed by atoms with Crippen molar-refractivity contribution in [3.63, 3.8) is 0 Å². The number of nitrogens with zero attached hydrogens (tertiary/aromatic N) is 2. The van der Waals surface area contributed by atoms with Crippen LogP contribution in [0.25, 0.3) is 0 Å². The first kappa shape index (κ1) is 15.5. The van der Waals surface area contributed by atoms with E-state index in [9.17, 15) is 14.4 Å². The summed E-state index contributed by atoms with van der Waals surface area (Å²) in [6.45, 7) is 4.54. The Kier molecular flexibility index (Phi) is 4.29.